The highest BCUT2D eigenvalue weighted by molar-refractivity contribution is 5.92. The van der Waals surface area contributed by atoms with Crippen molar-refractivity contribution < 1.29 is 9.53 Å². The second-order valence-corrected chi connectivity index (χ2v) is 5.25. The molecule has 0 saturated carbocycles. The Balaban J connectivity index is 1.70. The fourth-order valence-corrected chi connectivity index (χ4v) is 2.51. The van der Waals surface area contributed by atoms with Gasteiger partial charge in [0.2, 0.25) is 5.88 Å². The highest BCUT2D eigenvalue weighted by Crippen LogP contribution is 2.18. The number of hydrogen-bond donors (Lipinski definition) is 1. The molecule has 0 bridgehead atoms. The van der Waals surface area contributed by atoms with Crippen molar-refractivity contribution in [1.29, 1.82) is 0 Å². The third-order valence-corrected chi connectivity index (χ3v) is 3.82. The van der Waals surface area contributed by atoms with Crippen LogP contribution < -0.4 is 10.1 Å². The number of nitrogens with zero attached hydrogens (tertiary/aromatic N) is 4. The molecule has 2 aromatic heterocycles. The van der Waals surface area contributed by atoms with Gasteiger partial charge in [-0.05, 0) is 13.8 Å². The Morgan fingerprint density at radius 2 is 2.24 bits per heavy atom. The van der Waals surface area contributed by atoms with E-state index in [1.54, 1.807) is 10.7 Å². The Morgan fingerprint density at radius 3 is 2.90 bits per heavy atom. The maximum Gasteiger partial charge on any atom is 0.272 e. The fourth-order valence-electron chi connectivity index (χ4n) is 2.51. The zero-order chi connectivity index (χ0) is 15.0. The van der Waals surface area contributed by atoms with E-state index in [1.807, 2.05) is 25.6 Å². The Bertz CT molecular complexity index is 662. The summed E-state index contributed by atoms with van der Waals surface area (Å²) in [7, 11) is 1.90. The topological polar surface area (TPSA) is 74.0 Å². The molecular weight excluding hydrogens is 270 g/mol. The summed E-state index contributed by atoms with van der Waals surface area (Å²) in [6, 6.07) is 1.69. The summed E-state index contributed by atoms with van der Waals surface area (Å²) in [5.41, 5.74) is 3.43. The van der Waals surface area contributed by atoms with Crippen LogP contribution >= 0.6 is 0 Å². The molecular formula is C14H19N5O2. The maximum absolute atomic E-state index is 12.2. The van der Waals surface area contributed by atoms with E-state index < -0.39 is 0 Å². The van der Waals surface area contributed by atoms with Crippen LogP contribution in [0.15, 0.2) is 6.07 Å². The predicted octanol–water partition coefficient (Wildman–Crippen LogP) is 0.946. The lowest BCUT2D eigenvalue weighted by molar-refractivity contribution is 0.0945. The standard InChI is InChI=1S/C14H19N5O2/c1-9-11(10(2)18(3)16-9)8-15-14(20)12-7-13-19(17-12)5-4-6-21-13/h7H,4-6,8H2,1-3H3,(H,15,20). The zero-order valence-electron chi connectivity index (χ0n) is 12.5. The molecule has 1 N–H and O–H groups in total. The van der Waals surface area contributed by atoms with Crippen molar-refractivity contribution in [2.75, 3.05) is 6.61 Å². The van der Waals surface area contributed by atoms with E-state index in [4.69, 9.17) is 4.74 Å². The van der Waals surface area contributed by atoms with Crippen LogP contribution in [-0.4, -0.2) is 32.1 Å². The first-order chi connectivity index (χ1) is 10.1. The van der Waals surface area contributed by atoms with Gasteiger partial charge in [-0.1, -0.05) is 0 Å². The molecule has 0 saturated heterocycles. The van der Waals surface area contributed by atoms with E-state index in [0.717, 1.165) is 29.9 Å². The van der Waals surface area contributed by atoms with Crippen molar-refractivity contribution in [3.63, 3.8) is 0 Å². The van der Waals surface area contributed by atoms with Crippen molar-refractivity contribution in [3.05, 3.63) is 28.7 Å². The molecule has 0 unspecified atom stereocenters. The smallest absolute Gasteiger partial charge is 0.272 e. The van der Waals surface area contributed by atoms with Crippen LogP contribution in [0, 0.1) is 13.8 Å². The SMILES string of the molecule is Cc1nn(C)c(C)c1CNC(=O)c1cc2n(n1)CCCO2. The third-order valence-electron chi connectivity index (χ3n) is 3.82. The van der Waals surface area contributed by atoms with Crippen molar-refractivity contribution in [1.82, 2.24) is 24.9 Å². The van der Waals surface area contributed by atoms with E-state index >= 15 is 0 Å². The minimum Gasteiger partial charge on any atom is -0.478 e. The zero-order valence-corrected chi connectivity index (χ0v) is 12.5. The quantitative estimate of drug-likeness (QED) is 0.913. The van der Waals surface area contributed by atoms with Gasteiger partial charge >= 0.3 is 0 Å². The van der Waals surface area contributed by atoms with Gasteiger partial charge in [-0.3, -0.25) is 9.48 Å². The number of aryl methyl sites for hydroxylation is 3. The van der Waals surface area contributed by atoms with Crippen LogP contribution in [0.1, 0.15) is 33.9 Å². The van der Waals surface area contributed by atoms with Crippen molar-refractivity contribution in [3.8, 4) is 5.88 Å². The van der Waals surface area contributed by atoms with Gasteiger partial charge in [0.1, 0.15) is 0 Å². The molecule has 3 rings (SSSR count). The number of aromatic nitrogens is 4. The van der Waals surface area contributed by atoms with Crippen LogP contribution in [0.5, 0.6) is 5.88 Å². The number of fused-ring (bicyclic) bond motifs is 1. The second kappa shape index (κ2) is 5.23. The Morgan fingerprint density at radius 1 is 1.43 bits per heavy atom. The first-order valence-electron chi connectivity index (χ1n) is 7.04. The molecule has 0 fully saturated rings. The number of ether oxygens (including phenoxy) is 1. The molecule has 0 aliphatic carbocycles. The van der Waals surface area contributed by atoms with E-state index in [1.165, 1.54) is 0 Å². The molecule has 1 amide bonds. The van der Waals surface area contributed by atoms with Crippen LogP contribution in [-0.2, 0) is 20.1 Å². The average molecular weight is 289 g/mol. The van der Waals surface area contributed by atoms with Gasteiger partial charge < -0.3 is 10.1 Å². The number of carbonyl (C=O) groups excluding carboxylic acids is 1. The molecule has 0 atom stereocenters. The molecule has 21 heavy (non-hydrogen) atoms. The molecule has 0 spiro atoms. The summed E-state index contributed by atoms with van der Waals surface area (Å²) in [4.78, 5) is 12.2. The van der Waals surface area contributed by atoms with Crippen molar-refractivity contribution >= 4 is 5.91 Å². The number of amides is 1. The molecule has 1 aliphatic heterocycles. The largest absolute Gasteiger partial charge is 0.478 e. The Labute approximate surface area is 122 Å². The lowest BCUT2D eigenvalue weighted by Crippen LogP contribution is -2.24. The van der Waals surface area contributed by atoms with Gasteiger partial charge in [0.15, 0.2) is 5.69 Å². The summed E-state index contributed by atoms with van der Waals surface area (Å²) in [5, 5.41) is 11.5. The fraction of sp³-hybridized carbons (Fsp3) is 0.500. The molecule has 0 radical (unpaired) electrons. The Hall–Kier alpha value is -2.31. The van der Waals surface area contributed by atoms with Crippen LogP contribution in [0.4, 0.5) is 0 Å². The monoisotopic (exact) mass is 289 g/mol. The minimum atomic E-state index is -0.192. The van der Waals surface area contributed by atoms with Crippen LogP contribution in [0.2, 0.25) is 0 Å². The lowest BCUT2D eigenvalue weighted by atomic mass is 10.2. The number of nitrogens with one attached hydrogen (secondary N) is 1. The first-order valence-corrected chi connectivity index (χ1v) is 7.04. The first kappa shape index (κ1) is 13.7. The molecule has 0 aromatic carbocycles. The molecule has 112 valence electrons. The van der Waals surface area contributed by atoms with Gasteiger partial charge in [-0.15, -0.1) is 0 Å². The van der Waals surface area contributed by atoms with Crippen LogP contribution in [0.25, 0.3) is 0 Å². The second-order valence-electron chi connectivity index (χ2n) is 5.25. The third kappa shape index (κ3) is 2.51. The summed E-state index contributed by atoms with van der Waals surface area (Å²) in [6.07, 6.45) is 0.920. The van der Waals surface area contributed by atoms with Gasteiger partial charge in [-0.2, -0.15) is 10.2 Å². The summed E-state index contributed by atoms with van der Waals surface area (Å²) < 4.78 is 9.02. The average Bonchev–Trinajstić information content (AvgIpc) is 2.99. The molecule has 1 aliphatic rings. The normalized spacial score (nSPS) is 13.7. The van der Waals surface area contributed by atoms with Gasteiger partial charge in [-0.25, -0.2) is 4.68 Å². The van der Waals surface area contributed by atoms with Gasteiger partial charge in [0.05, 0.1) is 12.3 Å². The minimum absolute atomic E-state index is 0.192. The number of carbonyl (C=O) groups is 1. The van der Waals surface area contributed by atoms with E-state index in [0.29, 0.717) is 24.7 Å². The van der Waals surface area contributed by atoms with E-state index in [-0.39, 0.29) is 5.91 Å². The van der Waals surface area contributed by atoms with Crippen LogP contribution in [0.3, 0.4) is 0 Å². The Kier molecular flexibility index (Phi) is 3.40. The number of rotatable bonds is 3. The lowest BCUT2D eigenvalue weighted by Gasteiger charge is -2.13. The molecule has 3 heterocycles. The van der Waals surface area contributed by atoms with Gasteiger partial charge in [0, 0.05) is 43.9 Å². The van der Waals surface area contributed by atoms with Crippen molar-refractivity contribution in [2.45, 2.75) is 33.4 Å². The van der Waals surface area contributed by atoms with Gasteiger partial charge in [0.25, 0.3) is 5.91 Å². The maximum atomic E-state index is 12.2. The van der Waals surface area contributed by atoms with E-state index in [9.17, 15) is 4.79 Å². The highest BCUT2D eigenvalue weighted by Gasteiger charge is 2.18. The summed E-state index contributed by atoms with van der Waals surface area (Å²) in [6.45, 7) is 5.86. The number of hydrogen-bond acceptors (Lipinski definition) is 4. The van der Waals surface area contributed by atoms with Crippen molar-refractivity contribution in [2.24, 2.45) is 7.05 Å². The molecule has 2 aromatic rings. The summed E-state index contributed by atoms with van der Waals surface area (Å²) >= 11 is 0. The molecule has 7 nitrogen and oxygen atoms in total. The van der Waals surface area contributed by atoms with E-state index in [2.05, 4.69) is 15.5 Å². The molecule has 7 heteroatoms. The summed E-state index contributed by atoms with van der Waals surface area (Å²) in [5.74, 6) is 0.475. The predicted molar refractivity (Wildman–Crippen MR) is 76.2 cm³/mol. The highest BCUT2D eigenvalue weighted by atomic mass is 16.5.